The van der Waals surface area contributed by atoms with Gasteiger partial charge in [0.25, 0.3) is 0 Å². The van der Waals surface area contributed by atoms with Gasteiger partial charge in [0.15, 0.2) is 9.84 Å². The zero-order chi connectivity index (χ0) is 16.4. The topological polar surface area (TPSA) is 89.3 Å². The number of sulfone groups is 1. The first-order chi connectivity index (χ1) is 10.9. The van der Waals surface area contributed by atoms with Gasteiger partial charge in [0.05, 0.1) is 23.6 Å². The average molecular weight is 334 g/mol. The molecule has 2 heterocycles. The van der Waals surface area contributed by atoms with E-state index in [1.54, 1.807) is 6.92 Å². The Labute approximate surface area is 134 Å². The molecular weight excluding hydrogens is 316 g/mol. The SMILES string of the molecule is Cc1oc(-c2ccccc2)nc1CC(=O)NC1CCS(=O)(=O)C1. The maximum Gasteiger partial charge on any atom is 0.226 e. The van der Waals surface area contributed by atoms with Gasteiger partial charge in [-0.1, -0.05) is 18.2 Å². The Hall–Kier alpha value is -2.15. The fraction of sp³-hybridized carbons (Fsp3) is 0.375. The van der Waals surface area contributed by atoms with Crippen LogP contribution in [0.2, 0.25) is 0 Å². The Bertz CT molecular complexity index is 812. The molecule has 1 N–H and O–H groups in total. The van der Waals surface area contributed by atoms with Crippen molar-refractivity contribution in [2.45, 2.75) is 25.8 Å². The molecule has 1 aliphatic rings. The summed E-state index contributed by atoms with van der Waals surface area (Å²) in [6, 6.07) is 9.16. The van der Waals surface area contributed by atoms with E-state index in [1.807, 2.05) is 30.3 Å². The third-order valence-electron chi connectivity index (χ3n) is 3.84. The third kappa shape index (κ3) is 3.79. The molecule has 1 fully saturated rings. The Balaban J connectivity index is 1.66. The van der Waals surface area contributed by atoms with Crippen LogP contribution in [0.15, 0.2) is 34.7 Å². The highest BCUT2D eigenvalue weighted by molar-refractivity contribution is 7.91. The molecule has 1 aromatic heterocycles. The zero-order valence-corrected chi connectivity index (χ0v) is 13.6. The Kier molecular flexibility index (Phi) is 4.21. The number of nitrogens with zero attached hydrogens (tertiary/aromatic N) is 1. The number of nitrogens with one attached hydrogen (secondary N) is 1. The summed E-state index contributed by atoms with van der Waals surface area (Å²) in [5, 5.41) is 2.76. The number of hydrogen-bond acceptors (Lipinski definition) is 5. The quantitative estimate of drug-likeness (QED) is 0.915. The van der Waals surface area contributed by atoms with E-state index in [4.69, 9.17) is 4.42 Å². The molecule has 0 spiro atoms. The Morgan fingerprint density at radius 3 is 2.74 bits per heavy atom. The van der Waals surface area contributed by atoms with Crippen LogP contribution < -0.4 is 5.32 Å². The van der Waals surface area contributed by atoms with Crippen molar-refractivity contribution in [3.8, 4) is 11.5 Å². The van der Waals surface area contributed by atoms with Crippen molar-refractivity contribution in [3.05, 3.63) is 41.8 Å². The minimum atomic E-state index is -3.00. The monoisotopic (exact) mass is 334 g/mol. The highest BCUT2D eigenvalue weighted by atomic mass is 32.2. The zero-order valence-electron chi connectivity index (χ0n) is 12.8. The van der Waals surface area contributed by atoms with Crippen molar-refractivity contribution in [2.24, 2.45) is 0 Å². The summed E-state index contributed by atoms with van der Waals surface area (Å²) < 4.78 is 28.5. The second-order valence-corrected chi connectivity index (χ2v) is 7.96. The maximum absolute atomic E-state index is 12.1. The van der Waals surface area contributed by atoms with Crippen LogP contribution in [0.3, 0.4) is 0 Å². The first kappa shape index (κ1) is 15.7. The second-order valence-electron chi connectivity index (χ2n) is 5.73. The molecule has 7 heteroatoms. The fourth-order valence-corrected chi connectivity index (χ4v) is 4.31. The Morgan fingerprint density at radius 2 is 2.09 bits per heavy atom. The van der Waals surface area contributed by atoms with Crippen LogP contribution in [0, 0.1) is 6.92 Å². The lowest BCUT2D eigenvalue weighted by Gasteiger charge is -2.09. The molecule has 0 aliphatic carbocycles. The lowest BCUT2D eigenvalue weighted by Crippen LogP contribution is -2.36. The first-order valence-electron chi connectivity index (χ1n) is 7.44. The molecule has 1 saturated heterocycles. The molecule has 1 aromatic carbocycles. The number of aromatic nitrogens is 1. The summed E-state index contributed by atoms with van der Waals surface area (Å²) in [6.07, 6.45) is 0.555. The molecule has 23 heavy (non-hydrogen) atoms. The van der Waals surface area contributed by atoms with Crippen LogP contribution in [-0.4, -0.2) is 36.9 Å². The van der Waals surface area contributed by atoms with Crippen LogP contribution in [0.25, 0.3) is 11.5 Å². The molecule has 0 saturated carbocycles. The molecule has 1 atom stereocenters. The summed E-state index contributed by atoms with van der Waals surface area (Å²) >= 11 is 0. The fourth-order valence-electron chi connectivity index (χ4n) is 2.64. The maximum atomic E-state index is 12.1. The van der Waals surface area contributed by atoms with Crippen LogP contribution in [0.5, 0.6) is 0 Å². The molecule has 1 aliphatic heterocycles. The number of aryl methyl sites for hydroxylation is 1. The van der Waals surface area contributed by atoms with Crippen molar-refractivity contribution in [3.63, 3.8) is 0 Å². The Morgan fingerprint density at radius 1 is 1.35 bits per heavy atom. The van der Waals surface area contributed by atoms with E-state index in [1.165, 1.54) is 0 Å². The minimum absolute atomic E-state index is 0.0196. The highest BCUT2D eigenvalue weighted by Gasteiger charge is 2.29. The molecule has 1 amide bonds. The molecule has 6 nitrogen and oxygen atoms in total. The van der Waals surface area contributed by atoms with Gasteiger partial charge in [-0.15, -0.1) is 0 Å². The predicted octanol–water partition coefficient (Wildman–Crippen LogP) is 1.50. The third-order valence-corrected chi connectivity index (χ3v) is 5.61. The van der Waals surface area contributed by atoms with E-state index < -0.39 is 9.84 Å². The molecule has 1 unspecified atom stereocenters. The van der Waals surface area contributed by atoms with E-state index in [0.717, 1.165) is 5.56 Å². The normalized spacial score (nSPS) is 19.6. The molecule has 3 rings (SSSR count). The van der Waals surface area contributed by atoms with Crippen molar-refractivity contribution in [2.75, 3.05) is 11.5 Å². The number of oxazole rings is 1. The smallest absolute Gasteiger partial charge is 0.226 e. The predicted molar refractivity (Wildman–Crippen MR) is 85.6 cm³/mol. The van der Waals surface area contributed by atoms with Crippen molar-refractivity contribution < 1.29 is 17.6 Å². The first-order valence-corrected chi connectivity index (χ1v) is 9.26. The molecule has 122 valence electrons. The van der Waals surface area contributed by atoms with E-state index in [2.05, 4.69) is 10.3 Å². The van der Waals surface area contributed by atoms with Gasteiger partial charge in [0.2, 0.25) is 11.8 Å². The number of rotatable bonds is 4. The summed E-state index contributed by atoms with van der Waals surface area (Å²) in [7, 11) is -3.00. The largest absolute Gasteiger partial charge is 0.441 e. The summed E-state index contributed by atoms with van der Waals surface area (Å²) in [5.41, 5.74) is 1.42. The van der Waals surface area contributed by atoms with Crippen LogP contribution in [-0.2, 0) is 21.1 Å². The van der Waals surface area contributed by atoms with E-state index in [0.29, 0.717) is 23.8 Å². The summed E-state index contributed by atoms with van der Waals surface area (Å²) in [5.74, 6) is 1.00. The van der Waals surface area contributed by atoms with Gasteiger partial charge < -0.3 is 9.73 Å². The van der Waals surface area contributed by atoms with Gasteiger partial charge in [0.1, 0.15) is 5.76 Å². The van der Waals surface area contributed by atoms with Gasteiger partial charge >= 0.3 is 0 Å². The van der Waals surface area contributed by atoms with Crippen LogP contribution >= 0.6 is 0 Å². The van der Waals surface area contributed by atoms with Crippen molar-refractivity contribution in [1.29, 1.82) is 0 Å². The average Bonchev–Trinajstić information content (AvgIpc) is 3.03. The van der Waals surface area contributed by atoms with Gasteiger partial charge in [-0.05, 0) is 25.5 Å². The number of hydrogen-bond donors (Lipinski definition) is 1. The van der Waals surface area contributed by atoms with Crippen molar-refractivity contribution >= 4 is 15.7 Å². The minimum Gasteiger partial charge on any atom is -0.441 e. The van der Waals surface area contributed by atoms with Gasteiger partial charge in [-0.25, -0.2) is 13.4 Å². The summed E-state index contributed by atoms with van der Waals surface area (Å²) in [6.45, 7) is 1.77. The van der Waals surface area contributed by atoms with E-state index in [-0.39, 0.29) is 29.9 Å². The lowest BCUT2D eigenvalue weighted by molar-refractivity contribution is -0.121. The highest BCUT2D eigenvalue weighted by Crippen LogP contribution is 2.21. The number of amides is 1. The number of carbonyl (C=O) groups is 1. The molecule has 2 aromatic rings. The molecule has 0 bridgehead atoms. The second kappa shape index (κ2) is 6.16. The number of benzene rings is 1. The van der Waals surface area contributed by atoms with Crippen molar-refractivity contribution in [1.82, 2.24) is 10.3 Å². The van der Waals surface area contributed by atoms with E-state index >= 15 is 0 Å². The van der Waals surface area contributed by atoms with E-state index in [9.17, 15) is 13.2 Å². The van der Waals surface area contributed by atoms with Gasteiger partial charge in [0, 0.05) is 11.6 Å². The molecular formula is C16H18N2O4S. The van der Waals surface area contributed by atoms with Crippen LogP contribution in [0.4, 0.5) is 0 Å². The van der Waals surface area contributed by atoms with Gasteiger partial charge in [-0.3, -0.25) is 4.79 Å². The summed E-state index contributed by atoms with van der Waals surface area (Å²) in [4.78, 5) is 16.5. The number of carbonyl (C=O) groups excluding carboxylic acids is 1. The van der Waals surface area contributed by atoms with Crippen LogP contribution in [0.1, 0.15) is 17.9 Å². The lowest BCUT2D eigenvalue weighted by atomic mass is 10.2. The molecule has 0 radical (unpaired) electrons. The standard InChI is InChI=1S/C16H18N2O4S/c1-11-14(18-16(22-11)12-5-3-2-4-6-12)9-15(19)17-13-7-8-23(20,21)10-13/h2-6,13H,7-10H2,1H3,(H,17,19). The van der Waals surface area contributed by atoms with Gasteiger partial charge in [-0.2, -0.15) is 0 Å².